The second-order valence-corrected chi connectivity index (χ2v) is 3.96. The Bertz CT molecular complexity index is 568. The molecule has 0 saturated carbocycles. The fourth-order valence-electron chi connectivity index (χ4n) is 1.84. The predicted octanol–water partition coefficient (Wildman–Crippen LogP) is 0.980. The number of nitrogens with zero attached hydrogens (tertiary/aromatic N) is 4. The standard InChI is InChI=1S/C11H14N4O2/c1-7-10(11(16)17)8(2)15(13-7)6-9-12-4-5-14(9)3/h4-5H,6H2,1-3H3,(H,16,17). The van der Waals surface area contributed by atoms with Crippen molar-refractivity contribution in [3.63, 3.8) is 0 Å². The molecule has 0 bridgehead atoms. The van der Waals surface area contributed by atoms with E-state index in [1.165, 1.54) is 0 Å². The van der Waals surface area contributed by atoms with Crippen LogP contribution in [0.5, 0.6) is 0 Å². The van der Waals surface area contributed by atoms with Gasteiger partial charge < -0.3 is 9.67 Å². The van der Waals surface area contributed by atoms with Crippen LogP contribution in [0.1, 0.15) is 27.6 Å². The Labute approximate surface area is 98.5 Å². The third kappa shape index (κ3) is 1.93. The third-order valence-corrected chi connectivity index (χ3v) is 2.81. The quantitative estimate of drug-likeness (QED) is 0.859. The number of imidazole rings is 1. The molecule has 6 heteroatoms. The van der Waals surface area contributed by atoms with Crippen molar-refractivity contribution in [1.82, 2.24) is 19.3 Å². The Balaban J connectivity index is 2.38. The van der Waals surface area contributed by atoms with Crippen molar-refractivity contribution in [2.45, 2.75) is 20.4 Å². The third-order valence-electron chi connectivity index (χ3n) is 2.81. The van der Waals surface area contributed by atoms with Gasteiger partial charge in [-0.1, -0.05) is 0 Å². The number of hydrogen-bond acceptors (Lipinski definition) is 3. The first-order valence-corrected chi connectivity index (χ1v) is 5.24. The topological polar surface area (TPSA) is 72.9 Å². The van der Waals surface area contributed by atoms with Crippen molar-refractivity contribution in [2.24, 2.45) is 7.05 Å². The van der Waals surface area contributed by atoms with Gasteiger partial charge in [0.15, 0.2) is 0 Å². The molecule has 0 aliphatic carbocycles. The summed E-state index contributed by atoms with van der Waals surface area (Å²) in [6.07, 6.45) is 3.55. The molecule has 90 valence electrons. The van der Waals surface area contributed by atoms with E-state index in [4.69, 9.17) is 5.11 Å². The Morgan fingerprint density at radius 3 is 2.65 bits per heavy atom. The van der Waals surface area contributed by atoms with Gasteiger partial charge in [-0.3, -0.25) is 4.68 Å². The fraction of sp³-hybridized carbons (Fsp3) is 0.364. The van der Waals surface area contributed by atoms with Crippen LogP contribution in [0.25, 0.3) is 0 Å². The average Bonchev–Trinajstić information content (AvgIpc) is 2.73. The zero-order valence-corrected chi connectivity index (χ0v) is 10.0. The minimum atomic E-state index is -0.939. The molecule has 1 N–H and O–H groups in total. The van der Waals surface area contributed by atoms with Crippen LogP contribution in [-0.2, 0) is 13.6 Å². The second kappa shape index (κ2) is 4.04. The summed E-state index contributed by atoms with van der Waals surface area (Å²) < 4.78 is 3.55. The van der Waals surface area contributed by atoms with Crippen LogP contribution in [0.15, 0.2) is 12.4 Å². The Hall–Kier alpha value is -2.11. The van der Waals surface area contributed by atoms with Crippen LogP contribution in [0, 0.1) is 13.8 Å². The van der Waals surface area contributed by atoms with Gasteiger partial charge in [-0.15, -0.1) is 0 Å². The van der Waals surface area contributed by atoms with Gasteiger partial charge in [0, 0.05) is 19.4 Å². The normalized spacial score (nSPS) is 10.8. The molecule has 0 saturated heterocycles. The van der Waals surface area contributed by atoms with Gasteiger partial charge in [-0.05, 0) is 13.8 Å². The van der Waals surface area contributed by atoms with Gasteiger partial charge in [-0.2, -0.15) is 5.10 Å². The van der Waals surface area contributed by atoms with Crippen LogP contribution in [0.2, 0.25) is 0 Å². The van der Waals surface area contributed by atoms with Gasteiger partial charge in [0.25, 0.3) is 0 Å². The number of rotatable bonds is 3. The summed E-state index contributed by atoms with van der Waals surface area (Å²) in [7, 11) is 1.89. The molecular weight excluding hydrogens is 220 g/mol. The molecule has 0 spiro atoms. The van der Waals surface area contributed by atoms with Gasteiger partial charge in [0.05, 0.1) is 17.9 Å². The number of aryl methyl sites for hydroxylation is 2. The molecule has 0 atom stereocenters. The fourth-order valence-corrected chi connectivity index (χ4v) is 1.84. The van der Waals surface area contributed by atoms with Crippen molar-refractivity contribution < 1.29 is 9.90 Å². The molecule has 0 radical (unpaired) electrons. The van der Waals surface area contributed by atoms with E-state index in [1.807, 2.05) is 17.8 Å². The van der Waals surface area contributed by atoms with E-state index in [9.17, 15) is 4.79 Å². The van der Waals surface area contributed by atoms with Crippen molar-refractivity contribution in [1.29, 1.82) is 0 Å². The first-order valence-electron chi connectivity index (χ1n) is 5.24. The number of hydrogen-bond donors (Lipinski definition) is 1. The lowest BCUT2D eigenvalue weighted by Crippen LogP contribution is -2.09. The summed E-state index contributed by atoms with van der Waals surface area (Å²) in [4.78, 5) is 15.2. The molecule has 2 rings (SSSR count). The van der Waals surface area contributed by atoms with E-state index in [2.05, 4.69) is 10.1 Å². The zero-order chi connectivity index (χ0) is 12.6. The highest BCUT2D eigenvalue weighted by Gasteiger charge is 2.18. The molecule has 0 aromatic carbocycles. The van der Waals surface area contributed by atoms with Crippen molar-refractivity contribution in [3.05, 3.63) is 35.2 Å². The summed E-state index contributed by atoms with van der Waals surface area (Å²) >= 11 is 0. The molecule has 2 aromatic heterocycles. The predicted molar refractivity (Wildman–Crippen MR) is 61.0 cm³/mol. The van der Waals surface area contributed by atoms with Crippen molar-refractivity contribution in [3.8, 4) is 0 Å². The lowest BCUT2D eigenvalue weighted by atomic mass is 10.2. The highest BCUT2D eigenvalue weighted by molar-refractivity contribution is 5.90. The Morgan fingerprint density at radius 2 is 2.18 bits per heavy atom. The smallest absolute Gasteiger partial charge is 0.339 e. The van der Waals surface area contributed by atoms with Crippen LogP contribution in [0.4, 0.5) is 0 Å². The largest absolute Gasteiger partial charge is 0.478 e. The average molecular weight is 234 g/mol. The lowest BCUT2D eigenvalue weighted by molar-refractivity contribution is 0.0695. The molecule has 0 fully saturated rings. The van der Waals surface area contributed by atoms with E-state index in [0.29, 0.717) is 17.9 Å². The van der Waals surface area contributed by atoms with Crippen LogP contribution >= 0.6 is 0 Å². The Kier molecular flexibility index (Phi) is 2.71. The molecule has 0 aliphatic rings. The zero-order valence-electron chi connectivity index (χ0n) is 10.0. The number of carbonyl (C=O) groups is 1. The molecule has 2 aromatic rings. The van der Waals surface area contributed by atoms with E-state index >= 15 is 0 Å². The summed E-state index contributed by atoms with van der Waals surface area (Å²) in [5.41, 5.74) is 1.46. The van der Waals surface area contributed by atoms with E-state index < -0.39 is 5.97 Å². The molecule has 0 unspecified atom stereocenters. The minimum absolute atomic E-state index is 0.277. The number of carboxylic acid groups (broad SMARTS) is 1. The first kappa shape index (κ1) is 11.4. The van der Waals surface area contributed by atoms with Gasteiger partial charge in [-0.25, -0.2) is 9.78 Å². The van der Waals surface area contributed by atoms with E-state index in [0.717, 1.165) is 5.82 Å². The van der Waals surface area contributed by atoms with E-state index in [-0.39, 0.29) is 5.56 Å². The molecular formula is C11H14N4O2. The van der Waals surface area contributed by atoms with E-state index in [1.54, 1.807) is 24.7 Å². The molecule has 0 aliphatic heterocycles. The second-order valence-electron chi connectivity index (χ2n) is 3.96. The molecule has 17 heavy (non-hydrogen) atoms. The summed E-state index contributed by atoms with van der Waals surface area (Å²) in [5.74, 6) is -0.0985. The van der Waals surface area contributed by atoms with Crippen LogP contribution in [0.3, 0.4) is 0 Å². The molecule has 2 heterocycles. The summed E-state index contributed by atoms with van der Waals surface area (Å²) in [6, 6.07) is 0. The van der Waals surface area contributed by atoms with Crippen LogP contribution < -0.4 is 0 Å². The molecule has 6 nitrogen and oxygen atoms in total. The first-order chi connectivity index (χ1) is 8.00. The van der Waals surface area contributed by atoms with Crippen molar-refractivity contribution in [2.75, 3.05) is 0 Å². The monoisotopic (exact) mass is 234 g/mol. The maximum absolute atomic E-state index is 11.1. The maximum Gasteiger partial charge on any atom is 0.339 e. The lowest BCUT2D eigenvalue weighted by Gasteiger charge is -2.04. The Morgan fingerprint density at radius 1 is 1.47 bits per heavy atom. The van der Waals surface area contributed by atoms with Crippen LogP contribution in [-0.4, -0.2) is 30.4 Å². The van der Waals surface area contributed by atoms with Gasteiger partial charge >= 0.3 is 5.97 Å². The number of aromatic nitrogens is 4. The summed E-state index contributed by atoms with van der Waals surface area (Å²) in [6.45, 7) is 3.93. The maximum atomic E-state index is 11.1. The number of carboxylic acids is 1. The highest BCUT2D eigenvalue weighted by Crippen LogP contribution is 2.13. The number of aromatic carboxylic acids is 1. The molecule has 0 amide bonds. The SMILES string of the molecule is Cc1nn(Cc2nccn2C)c(C)c1C(=O)O. The van der Waals surface area contributed by atoms with Gasteiger partial charge in [0.2, 0.25) is 0 Å². The minimum Gasteiger partial charge on any atom is -0.478 e. The summed E-state index contributed by atoms with van der Waals surface area (Å²) in [5, 5.41) is 13.3. The highest BCUT2D eigenvalue weighted by atomic mass is 16.4. The van der Waals surface area contributed by atoms with Gasteiger partial charge in [0.1, 0.15) is 11.4 Å². The van der Waals surface area contributed by atoms with Crippen molar-refractivity contribution >= 4 is 5.97 Å².